The lowest BCUT2D eigenvalue weighted by Crippen LogP contribution is -2.41. The lowest BCUT2D eigenvalue weighted by atomic mass is 9.93. The zero-order valence-corrected chi connectivity index (χ0v) is 13.4. The molecule has 2 aromatic rings. The smallest absolute Gasteiger partial charge is 0.260 e. The van der Waals surface area contributed by atoms with Crippen LogP contribution in [0, 0.1) is 5.92 Å². The van der Waals surface area contributed by atoms with Crippen LogP contribution in [0.4, 0.5) is 0 Å². The van der Waals surface area contributed by atoms with E-state index in [4.69, 9.17) is 16.3 Å². The Morgan fingerprint density at radius 3 is 2.91 bits per heavy atom. The summed E-state index contributed by atoms with van der Waals surface area (Å²) in [7, 11) is 0. The SMILES string of the molecule is O=C(COc1cccc(Cl)c1)N1CCC(Cc2nn[nH]n2)CC1. The number of tetrazole rings is 1. The molecule has 0 unspecified atom stereocenters. The summed E-state index contributed by atoms with van der Waals surface area (Å²) in [6.45, 7) is 1.51. The Bertz CT molecular complexity index is 641. The number of nitrogens with zero attached hydrogens (tertiary/aromatic N) is 4. The summed E-state index contributed by atoms with van der Waals surface area (Å²) < 4.78 is 5.51. The van der Waals surface area contributed by atoms with Gasteiger partial charge in [0.2, 0.25) is 0 Å². The summed E-state index contributed by atoms with van der Waals surface area (Å²) in [6, 6.07) is 7.05. The van der Waals surface area contributed by atoms with Gasteiger partial charge in [-0.15, -0.1) is 10.2 Å². The van der Waals surface area contributed by atoms with Crippen molar-refractivity contribution in [1.29, 1.82) is 0 Å². The van der Waals surface area contributed by atoms with Crippen LogP contribution in [0.25, 0.3) is 0 Å². The predicted molar refractivity (Wildman–Crippen MR) is 84.1 cm³/mol. The van der Waals surface area contributed by atoms with Gasteiger partial charge in [0.15, 0.2) is 12.4 Å². The number of aromatic amines is 1. The number of carbonyl (C=O) groups is 1. The van der Waals surface area contributed by atoms with Crippen LogP contribution in [0.3, 0.4) is 0 Å². The van der Waals surface area contributed by atoms with E-state index in [1.807, 2.05) is 4.90 Å². The minimum absolute atomic E-state index is 0.00277. The Balaban J connectivity index is 1.43. The third-order valence-electron chi connectivity index (χ3n) is 3.99. The molecule has 0 saturated carbocycles. The second-order valence-corrected chi connectivity index (χ2v) is 6.04. The van der Waals surface area contributed by atoms with Gasteiger partial charge in [-0.3, -0.25) is 4.79 Å². The van der Waals surface area contributed by atoms with E-state index < -0.39 is 0 Å². The van der Waals surface area contributed by atoms with Crippen LogP contribution in [-0.4, -0.2) is 51.1 Å². The van der Waals surface area contributed by atoms with Crippen molar-refractivity contribution in [3.05, 3.63) is 35.1 Å². The van der Waals surface area contributed by atoms with Gasteiger partial charge < -0.3 is 9.64 Å². The van der Waals surface area contributed by atoms with Gasteiger partial charge in [-0.25, -0.2) is 0 Å². The van der Waals surface area contributed by atoms with E-state index >= 15 is 0 Å². The van der Waals surface area contributed by atoms with Crippen molar-refractivity contribution in [3.63, 3.8) is 0 Å². The van der Waals surface area contributed by atoms with Crippen LogP contribution in [0.1, 0.15) is 18.7 Å². The van der Waals surface area contributed by atoms with Gasteiger partial charge in [-0.2, -0.15) is 5.21 Å². The van der Waals surface area contributed by atoms with E-state index in [0.29, 0.717) is 16.7 Å². The normalized spacial score (nSPS) is 15.6. The molecule has 1 aliphatic heterocycles. The molecule has 3 rings (SSSR count). The van der Waals surface area contributed by atoms with E-state index in [1.165, 1.54) is 0 Å². The maximum Gasteiger partial charge on any atom is 0.260 e. The summed E-state index contributed by atoms with van der Waals surface area (Å²) in [4.78, 5) is 14.1. The lowest BCUT2D eigenvalue weighted by Gasteiger charge is -2.31. The van der Waals surface area contributed by atoms with Crippen molar-refractivity contribution in [2.45, 2.75) is 19.3 Å². The largest absolute Gasteiger partial charge is 0.484 e. The zero-order valence-electron chi connectivity index (χ0n) is 12.6. The van der Waals surface area contributed by atoms with Crippen molar-refractivity contribution in [2.75, 3.05) is 19.7 Å². The Hall–Kier alpha value is -2.15. The summed E-state index contributed by atoms with van der Waals surface area (Å²) in [5.74, 6) is 1.84. The second-order valence-electron chi connectivity index (χ2n) is 5.60. The number of hydrogen-bond acceptors (Lipinski definition) is 5. The van der Waals surface area contributed by atoms with Crippen LogP contribution >= 0.6 is 11.6 Å². The topological polar surface area (TPSA) is 84.0 Å². The molecule has 1 amide bonds. The second kappa shape index (κ2) is 7.41. The number of H-pyrrole nitrogens is 1. The molecule has 0 aliphatic carbocycles. The Morgan fingerprint density at radius 1 is 1.39 bits per heavy atom. The molecule has 0 spiro atoms. The first-order valence-corrected chi connectivity index (χ1v) is 7.97. The third-order valence-corrected chi connectivity index (χ3v) is 4.22. The summed E-state index contributed by atoms with van der Waals surface area (Å²) in [5.41, 5.74) is 0. The summed E-state index contributed by atoms with van der Waals surface area (Å²) >= 11 is 5.89. The minimum atomic E-state index is 0.00277. The summed E-state index contributed by atoms with van der Waals surface area (Å²) in [5, 5.41) is 14.6. The van der Waals surface area contributed by atoms with Gasteiger partial charge in [-0.1, -0.05) is 22.9 Å². The van der Waals surface area contributed by atoms with Crippen LogP contribution in [0.5, 0.6) is 5.75 Å². The number of ether oxygens (including phenoxy) is 1. The van der Waals surface area contributed by atoms with Crippen molar-refractivity contribution in [3.8, 4) is 5.75 Å². The molecule has 1 fully saturated rings. The van der Waals surface area contributed by atoms with Gasteiger partial charge in [0, 0.05) is 24.5 Å². The molecule has 8 heteroatoms. The van der Waals surface area contributed by atoms with Crippen LogP contribution in [-0.2, 0) is 11.2 Å². The standard InChI is InChI=1S/C15H18ClN5O2/c16-12-2-1-3-13(9-12)23-10-15(22)21-6-4-11(5-7-21)8-14-17-19-20-18-14/h1-3,9,11H,4-8,10H2,(H,17,18,19,20). The van der Waals surface area contributed by atoms with E-state index in [1.54, 1.807) is 24.3 Å². The molecule has 0 radical (unpaired) electrons. The molecule has 23 heavy (non-hydrogen) atoms. The first-order chi connectivity index (χ1) is 11.2. The molecule has 122 valence electrons. The van der Waals surface area contributed by atoms with Crippen molar-refractivity contribution < 1.29 is 9.53 Å². The van der Waals surface area contributed by atoms with Gasteiger partial charge >= 0.3 is 0 Å². The molecule has 1 N–H and O–H groups in total. The molecule has 1 aliphatic rings. The van der Waals surface area contributed by atoms with E-state index in [-0.39, 0.29) is 12.5 Å². The fourth-order valence-corrected chi connectivity index (χ4v) is 2.89. The van der Waals surface area contributed by atoms with Gasteiger partial charge in [0.25, 0.3) is 5.91 Å². The highest BCUT2D eigenvalue weighted by Gasteiger charge is 2.24. The first kappa shape index (κ1) is 15.7. The Labute approximate surface area is 139 Å². The quantitative estimate of drug-likeness (QED) is 0.899. The molecule has 1 aromatic heterocycles. The maximum absolute atomic E-state index is 12.2. The van der Waals surface area contributed by atoms with Crippen molar-refractivity contribution >= 4 is 17.5 Å². The first-order valence-electron chi connectivity index (χ1n) is 7.59. The summed E-state index contributed by atoms with van der Waals surface area (Å²) in [6.07, 6.45) is 2.69. The predicted octanol–water partition coefficient (Wildman–Crippen LogP) is 1.71. The number of nitrogens with one attached hydrogen (secondary N) is 1. The highest BCUT2D eigenvalue weighted by atomic mass is 35.5. The highest BCUT2D eigenvalue weighted by molar-refractivity contribution is 6.30. The molecule has 1 saturated heterocycles. The number of likely N-dealkylation sites (tertiary alicyclic amines) is 1. The van der Waals surface area contributed by atoms with Gasteiger partial charge in [-0.05, 0) is 37.0 Å². The molecular formula is C15H18ClN5O2. The van der Waals surface area contributed by atoms with Gasteiger partial charge in [0.05, 0.1) is 0 Å². The van der Waals surface area contributed by atoms with Crippen LogP contribution in [0.15, 0.2) is 24.3 Å². The van der Waals surface area contributed by atoms with E-state index in [9.17, 15) is 4.79 Å². The van der Waals surface area contributed by atoms with E-state index in [2.05, 4.69) is 20.6 Å². The fraction of sp³-hybridized carbons (Fsp3) is 0.467. The minimum Gasteiger partial charge on any atom is -0.484 e. The number of piperidine rings is 1. The Morgan fingerprint density at radius 2 is 2.22 bits per heavy atom. The van der Waals surface area contributed by atoms with Crippen molar-refractivity contribution in [1.82, 2.24) is 25.5 Å². The Kier molecular flexibility index (Phi) is 5.07. The average molecular weight is 336 g/mol. The number of benzene rings is 1. The highest BCUT2D eigenvalue weighted by Crippen LogP contribution is 2.21. The molecule has 1 aromatic carbocycles. The van der Waals surface area contributed by atoms with Crippen LogP contribution < -0.4 is 4.74 Å². The number of carbonyl (C=O) groups excluding carboxylic acids is 1. The molecule has 7 nitrogen and oxygen atoms in total. The molecular weight excluding hydrogens is 318 g/mol. The number of aromatic nitrogens is 4. The maximum atomic E-state index is 12.2. The van der Waals surface area contributed by atoms with Crippen LogP contribution in [0.2, 0.25) is 5.02 Å². The number of hydrogen-bond donors (Lipinski definition) is 1. The fourth-order valence-electron chi connectivity index (χ4n) is 2.71. The molecule has 2 heterocycles. The molecule has 0 bridgehead atoms. The van der Waals surface area contributed by atoms with Crippen molar-refractivity contribution in [2.24, 2.45) is 5.92 Å². The number of amides is 1. The van der Waals surface area contributed by atoms with Gasteiger partial charge in [0.1, 0.15) is 5.75 Å². The zero-order chi connectivity index (χ0) is 16.1. The monoisotopic (exact) mass is 335 g/mol. The van der Waals surface area contributed by atoms with E-state index in [0.717, 1.165) is 38.2 Å². The average Bonchev–Trinajstić information content (AvgIpc) is 3.06. The third kappa shape index (κ3) is 4.41. The number of halogens is 1. The lowest BCUT2D eigenvalue weighted by molar-refractivity contribution is -0.134. The molecule has 0 atom stereocenters. The number of rotatable bonds is 5.